The maximum atomic E-state index is 13.0. The van der Waals surface area contributed by atoms with Crippen molar-refractivity contribution in [3.05, 3.63) is 39.9 Å². The van der Waals surface area contributed by atoms with Gasteiger partial charge in [0.05, 0.1) is 16.9 Å². The highest BCUT2D eigenvalue weighted by Gasteiger charge is 2.43. The first-order valence-corrected chi connectivity index (χ1v) is 8.39. The zero-order chi connectivity index (χ0) is 17.9. The number of aromatic nitrogens is 4. The Balaban J connectivity index is 1.83. The van der Waals surface area contributed by atoms with Crippen LogP contribution >= 0.6 is 0 Å². The van der Waals surface area contributed by atoms with Crippen molar-refractivity contribution in [1.82, 2.24) is 20.2 Å². The summed E-state index contributed by atoms with van der Waals surface area (Å²) in [6.07, 6.45) is 4.12. The number of nitrogens with zero attached hydrogens (tertiary/aromatic N) is 5. The molecule has 0 aliphatic heterocycles. The summed E-state index contributed by atoms with van der Waals surface area (Å²) in [5.74, 6) is 0.00142. The number of aryl methyl sites for hydroxylation is 1. The zero-order valence-electron chi connectivity index (χ0n) is 14.0. The fourth-order valence-corrected chi connectivity index (χ4v) is 3.34. The number of hydrogen-bond acceptors (Lipinski definition) is 6. The Bertz CT molecular complexity index is 764. The molecule has 25 heavy (non-hydrogen) atoms. The SMILES string of the molecule is CCCn1nnc(NC(=O)C2(c3ccc([N+](=O)[O-])cc3)CCCC2)n1. The van der Waals surface area contributed by atoms with E-state index in [-0.39, 0.29) is 17.5 Å². The number of anilines is 1. The number of carbonyl (C=O) groups is 1. The van der Waals surface area contributed by atoms with Gasteiger partial charge in [0.2, 0.25) is 5.91 Å². The molecule has 0 unspecified atom stereocenters. The molecule has 3 rings (SSSR count). The van der Waals surface area contributed by atoms with Crippen LogP contribution in [0.2, 0.25) is 0 Å². The van der Waals surface area contributed by atoms with E-state index >= 15 is 0 Å². The molecular formula is C16H20N6O3. The van der Waals surface area contributed by atoms with Crippen molar-refractivity contribution < 1.29 is 9.72 Å². The summed E-state index contributed by atoms with van der Waals surface area (Å²) in [5.41, 5.74) is 0.0984. The van der Waals surface area contributed by atoms with Crippen molar-refractivity contribution in [3.8, 4) is 0 Å². The molecule has 2 aromatic rings. The second kappa shape index (κ2) is 6.96. The fourth-order valence-electron chi connectivity index (χ4n) is 3.34. The highest BCUT2D eigenvalue weighted by atomic mass is 16.6. The Morgan fingerprint density at radius 3 is 2.60 bits per heavy atom. The third kappa shape index (κ3) is 3.35. The first-order valence-electron chi connectivity index (χ1n) is 8.39. The Morgan fingerprint density at radius 1 is 1.32 bits per heavy atom. The normalized spacial score (nSPS) is 15.9. The van der Waals surface area contributed by atoms with Crippen molar-refractivity contribution >= 4 is 17.5 Å². The number of amides is 1. The summed E-state index contributed by atoms with van der Waals surface area (Å²) in [6, 6.07) is 6.23. The lowest BCUT2D eigenvalue weighted by Crippen LogP contribution is -2.38. The van der Waals surface area contributed by atoms with Crippen molar-refractivity contribution in [3.63, 3.8) is 0 Å². The first-order chi connectivity index (χ1) is 12.0. The molecular weight excluding hydrogens is 324 g/mol. The Morgan fingerprint density at radius 2 is 2.00 bits per heavy atom. The van der Waals surface area contributed by atoms with Crippen LogP contribution < -0.4 is 5.32 Å². The van der Waals surface area contributed by atoms with E-state index in [1.54, 1.807) is 12.1 Å². The summed E-state index contributed by atoms with van der Waals surface area (Å²) < 4.78 is 0. The molecule has 9 nitrogen and oxygen atoms in total. The van der Waals surface area contributed by atoms with Gasteiger partial charge in [0.1, 0.15) is 0 Å². The van der Waals surface area contributed by atoms with Crippen LogP contribution in [0.15, 0.2) is 24.3 Å². The number of tetrazole rings is 1. The van der Waals surface area contributed by atoms with Gasteiger partial charge in [-0.3, -0.25) is 20.2 Å². The van der Waals surface area contributed by atoms with Crippen LogP contribution in [0.5, 0.6) is 0 Å². The highest BCUT2D eigenvalue weighted by Crippen LogP contribution is 2.42. The zero-order valence-corrected chi connectivity index (χ0v) is 14.0. The summed E-state index contributed by atoms with van der Waals surface area (Å²) >= 11 is 0. The summed E-state index contributed by atoms with van der Waals surface area (Å²) in [7, 11) is 0. The van der Waals surface area contributed by atoms with E-state index in [1.807, 2.05) is 6.92 Å². The number of carbonyl (C=O) groups excluding carboxylic acids is 1. The van der Waals surface area contributed by atoms with Crippen molar-refractivity contribution in [2.24, 2.45) is 0 Å². The van der Waals surface area contributed by atoms with Gasteiger partial charge in [-0.25, -0.2) is 0 Å². The molecule has 0 radical (unpaired) electrons. The van der Waals surface area contributed by atoms with Gasteiger partial charge in [-0.15, -0.1) is 5.10 Å². The van der Waals surface area contributed by atoms with Gasteiger partial charge in [0, 0.05) is 12.1 Å². The molecule has 1 heterocycles. The summed E-state index contributed by atoms with van der Waals surface area (Å²) in [6.45, 7) is 2.64. The smallest absolute Gasteiger partial charge is 0.270 e. The minimum Gasteiger partial charge on any atom is -0.291 e. The van der Waals surface area contributed by atoms with Gasteiger partial charge in [-0.05, 0) is 30.0 Å². The average Bonchev–Trinajstić information content (AvgIpc) is 3.26. The fraction of sp³-hybridized carbons (Fsp3) is 0.500. The van der Waals surface area contributed by atoms with Crippen LogP contribution in [-0.2, 0) is 16.8 Å². The quantitative estimate of drug-likeness (QED) is 0.635. The summed E-state index contributed by atoms with van der Waals surface area (Å²) in [4.78, 5) is 24.8. The minimum atomic E-state index is -0.703. The van der Waals surface area contributed by atoms with Gasteiger partial charge in [0.15, 0.2) is 0 Å². The van der Waals surface area contributed by atoms with Gasteiger partial charge in [-0.1, -0.05) is 37.0 Å². The standard InChI is InChI=1S/C16H20N6O3/c1-2-11-21-19-15(18-20-21)17-14(23)16(9-3-4-10-16)12-5-7-13(8-6-12)22(24)25/h5-8H,2-4,9-11H2,1H3,(H,17,19,23). The molecule has 0 atom stereocenters. The van der Waals surface area contributed by atoms with Gasteiger partial charge < -0.3 is 0 Å². The predicted octanol–water partition coefficient (Wildman–Crippen LogP) is 2.44. The van der Waals surface area contributed by atoms with Crippen LogP contribution in [0.1, 0.15) is 44.6 Å². The van der Waals surface area contributed by atoms with Crippen LogP contribution in [0.3, 0.4) is 0 Å². The molecule has 132 valence electrons. The Kier molecular flexibility index (Phi) is 4.73. The van der Waals surface area contributed by atoms with E-state index in [0.717, 1.165) is 24.8 Å². The first kappa shape index (κ1) is 17.0. The third-order valence-electron chi connectivity index (χ3n) is 4.62. The molecule has 0 spiro atoms. The van der Waals surface area contributed by atoms with E-state index in [1.165, 1.54) is 16.9 Å². The van der Waals surface area contributed by atoms with Crippen molar-refractivity contribution in [2.45, 2.75) is 51.0 Å². The molecule has 1 aliphatic rings. The van der Waals surface area contributed by atoms with Gasteiger partial charge in [0.25, 0.3) is 11.6 Å². The molecule has 0 bridgehead atoms. The molecule has 1 aliphatic carbocycles. The van der Waals surface area contributed by atoms with E-state index in [9.17, 15) is 14.9 Å². The lowest BCUT2D eigenvalue weighted by Gasteiger charge is -2.27. The molecule has 1 fully saturated rings. The molecule has 1 amide bonds. The number of nitro groups is 1. The monoisotopic (exact) mass is 344 g/mol. The molecule has 9 heteroatoms. The van der Waals surface area contributed by atoms with Crippen LogP contribution in [0.4, 0.5) is 11.6 Å². The molecule has 1 aromatic heterocycles. The number of non-ortho nitro benzene ring substituents is 1. The number of nitrogens with one attached hydrogen (secondary N) is 1. The van der Waals surface area contributed by atoms with Gasteiger partial charge in [-0.2, -0.15) is 4.80 Å². The van der Waals surface area contributed by atoms with Crippen molar-refractivity contribution in [1.29, 1.82) is 0 Å². The number of nitro benzene ring substituents is 1. The van der Waals surface area contributed by atoms with E-state index in [0.29, 0.717) is 19.4 Å². The summed E-state index contributed by atoms with van der Waals surface area (Å²) in [5, 5.41) is 25.5. The molecule has 1 N–H and O–H groups in total. The topological polar surface area (TPSA) is 116 Å². The molecule has 1 saturated carbocycles. The second-order valence-corrected chi connectivity index (χ2v) is 6.26. The molecule has 1 aromatic carbocycles. The maximum absolute atomic E-state index is 13.0. The van der Waals surface area contributed by atoms with Crippen LogP contribution in [0.25, 0.3) is 0 Å². The van der Waals surface area contributed by atoms with E-state index in [4.69, 9.17) is 0 Å². The van der Waals surface area contributed by atoms with Crippen molar-refractivity contribution in [2.75, 3.05) is 5.32 Å². The van der Waals surface area contributed by atoms with E-state index in [2.05, 4.69) is 20.7 Å². The highest BCUT2D eigenvalue weighted by molar-refractivity contribution is 5.98. The Hall–Kier alpha value is -2.84. The lowest BCUT2D eigenvalue weighted by molar-refractivity contribution is -0.384. The predicted molar refractivity (Wildman–Crippen MR) is 90.0 cm³/mol. The molecule has 0 saturated heterocycles. The number of hydrogen-bond donors (Lipinski definition) is 1. The van der Waals surface area contributed by atoms with E-state index < -0.39 is 10.3 Å². The van der Waals surface area contributed by atoms with Gasteiger partial charge >= 0.3 is 0 Å². The average molecular weight is 344 g/mol. The lowest BCUT2D eigenvalue weighted by atomic mass is 9.78. The Labute approximate surface area is 144 Å². The largest absolute Gasteiger partial charge is 0.291 e. The second-order valence-electron chi connectivity index (χ2n) is 6.26. The number of benzene rings is 1. The maximum Gasteiger partial charge on any atom is 0.270 e. The van der Waals surface area contributed by atoms with Crippen LogP contribution in [-0.4, -0.2) is 31.0 Å². The number of rotatable bonds is 6. The third-order valence-corrected chi connectivity index (χ3v) is 4.62. The van der Waals surface area contributed by atoms with Crippen LogP contribution in [0, 0.1) is 10.1 Å². The minimum absolute atomic E-state index is 0.0153.